The maximum absolute atomic E-state index is 12.6. The summed E-state index contributed by atoms with van der Waals surface area (Å²) in [6.07, 6.45) is 0. The molecule has 138 valence electrons. The third kappa shape index (κ3) is 4.36. The minimum absolute atomic E-state index is 0.0304. The molecule has 0 saturated carbocycles. The smallest absolute Gasteiger partial charge is 0.238 e. The first kappa shape index (κ1) is 18.7. The molecule has 1 aliphatic heterocycles. The molecular weight excluding hydrogens is 350 g/mol. The standard InChI is InChI=1S/C20H24ClN3O2/c1-14-11-15(21)7-8-17(14)23-20(25)13-24-10-9-22-12-18(24)16-5-3-4-6-19(16)26-2/h3-8,11,18,22H,9-10,12-13H2,1-2H3,(H,23,25). The van der Waals surface area contributed by atoms with Gasteiger partial charge in [0, 0.05) is 35.9 Å². The van der Waals surface area contributed by atoms with Crippen LogP contribution in [0, 0.1) is 6.92 Å². The zero-order valence-electron chi connectivity index (χ0n) is 15.1. The number of rotatable bonds is 5. The van der Waals surface area contributed by atoms with Crippen molar-refractivity contribution in [1.29, 1.82) is 0 Å². The van der Waals surface area contributed by atoms with Crippen molar-refractivity contribution in [2.45, 2.75) is 13.0 Å². The van der Waals surface area contributed by atoms with Crippen molar-refractivity contribution < 1.29 is 9.53 Å². The van der Waals surface area contributed by atoms with Gasteiger partial charge in [-0.25, -0.2) is 0 Å². The number of carbonyl (C=O) groups is 1. The Morgan fingerprint density at radius 3 is 2.92 bits per heavy atom. The Labute approximate surface area is 159 Å². The van der Waals surface area contributed by atoms with Gasteiger partial charge in [0.05, 0.1) is 19.7 Å². The van der Waals surface area contributed by atoms with Gasteiger partial charge in [-0.1, -0.05) is 29.8 Å². The normalized spacial score (nSPS) is 17.7. The van der Waals surface area contributed by atoms with Gasteiger partial charge in [0.1, 0.15) is 5.75 Å². The molecule has 1 heterocycles. The highest BCUT2D eigenvalue weighted by Crippen LogP contribution is 2.30. The summed E-state index contributed by atoms with van der Waals surface area (Å²) in [6.45, 7) is 4.71. The molecule has 1 unspecified atom stereocenters. The van der Waals surface area contributed by atoms with E-state index in [-0.39, 0.29) is 11.9 Å². The number of methoxy groups -OCH3 is 1. The van der Waals surface area contributed by atoms with E-state index in [1.807, 2.05) is 37.3 Å². The molecule has 2 aromatic carbocycles. The van der Waals surface area contributed by atoms with Crippen LogP contribution >= 0.6 is 11.6 Å². The number of anilines is 1. The average Bonchev–Trinajstić information content (AvgIpc) is 2.64. The van der Waals surface area contributed by atoms with E-state index in [4.69, 9.17) is 16.3 Å². The first-order valence-corrected chi connectivity index (χ1v) is 9.10. The van der Waals surface area contributed by atoms with E-state index in [2.05, 4.69) is 21.6 Å². The van der Waals surface area contributed by atoms with E-state index in [0.29, 0.717) is 11.6 Å². The molecule has 26 heavy (non-hydrogen) atoms. The number of benzene rings is 2. The average molecular weight is 374 g/mol. The van der Waals surface area contributed by atoms with Gasteiger partial charge >= 0.3 is 0 Å². The Kier molecular flexibility index (Phi) is 6.14. The van der Waals surface area contributed by atoms with Gasteiger partial charge in [0.25, 0.3) is 0 Å². The molecular formula is C20H24ClN3O2. The SMILES string of the molecule is COc1ccccc1C1CNCCN1CC(=O)Nc1ccc(Cl)cc1C. The van der Waals surface area contributed by atoms with Crippen molar-refractivity contribution in [2.75, 3.05) is 38.6 Å². The number of piperazine rings is 1. The number of hydrogen-bond donors (Lipinski definition) is 2. The fraction of sp³-hybridized carbons (Fsp3) is 0.350. The van der Waals surface area contributed by atoms with Crippen molar-refractivity contribution in [3.05, 3.63) is 58.6 Å². The summed E-state index contributed by atoms with van der Waals surface area (Å²) in [5.74, 6) is 0.817. The summed E-state index contributed by atoms with van der Waals surface area (Å²) in [7, 11) is 1.68. The predicted molar refractivity (Wildman–Crippen MR) is 105 cm³/mol. The second-order valence-corrected chi connectivity index (χ2v) is 6.88. The van der Waals surface area contributed by atoms with E-state index in [1.54, 1.807) is 13.2 Å². The molecule has 0 radical (unpaired) electrons. The first-order chi connectivity index (χ1) is 12.6. The summed E-state index contributed by atoms with van der Waals surface area (Å²) >= 11 is 5.98. The second-order valence-electron chi connectivity index (χ2n) is 6.44. The molecule has 2 aromatic rings. The number of nitrogens with zero attached hydrogens (tertiary/aromatic N) is 1. The van der Waals surface area contributed by atoms with Crippen LogP contribution in [0.2, 0.25) is 5.02 Å². The zero-order chi connectivity index (χ0) is 18.5. The lowest BCUT2D eigenvalue weighted by Gasteiger charge is -2.36. The van der Waals surface area contributed by atoms with Gasteiger partial charge in [0.15, 0.2) is 0 Å². The molecule has 0 bridgehead atoms. The van der Waals surface area contributed by atoms with Crippen molar-refractivity contribution in [3.63, 3.8) is 0 Å². The van der Waals surface area contributed by atoms with Gasteiger partial charge in [0.2, 0.25) is 5.91 Å². The highest BCUT2D eigenvalue weighted by atomic mass is 35.5. The van der Waals surface area contributed by atoms with Crippen LogP contribution in [0.4, 0.5) is 5.69 Å². The molecule has 5 nitrogen and oxygen atoms in total. The summed E-state index contributed by atoms with van der Waals surface area (Å²) in [6, 6.07) is 13.5. The molecule has 2 N–H and O–H groups in total. The summed E-state index contributed by atoms with van der Waals surface area (Å²) in [5.41, 5.74) is 2.84. The molecule has 0 spiro atoms. The molecule has 3 rings (SSSR count). The lowest BCUT2D eigenvalue weighted by atomic mass is 10.0. The number of ether oxygens (including phenoxy) is 1. The lowest BCUT2D eigenvalue weighted by molar-refractivity contribution is -0.118. The molecule has 6 heteroatoms. The topological polar surface area (TPSA) is 53.6 Å². The molecule has 0 aromatic heterocycles. The number of amides is 1. The lowest BCUT2D eigenvalue weighted by Crippen LogP contribution is -2.48. The molecule has 1 aliphatic rings. The molecule has 1 amide bonds. The first-order valence-electron chi connectivity index (χ1n) is 8.72. The third-order valence-corrected chi connectivity index (χ3v) is 4.90. The summed E-state index contributed by atoms with van der Waals surface area (Å²) < 4.78 is 5.51. The fourth-order valence-electron chi connectivity index (χ4n) is 3.33. The van der Waals surface area contributed by atoms with Gasteiger partial charge < -0.3 is 15.4 Å². The van der Waals surface area contributed by atoms with Crippen LogP contribution in [0.25, 0.3) is 0 Å². The highest BCUT2D eigenvalue weighted by Gasteiger charge is 2.27. The van der Waals surface area contributed by atoms with Crippen LogP contribution in [0.1, 0.15) is 17.2 Å². The zero-order valence-corrected chi connectivity index (χ0v) is 15.8. The number of halogens is 1. The van der Waals surface area contributed by atoms with Crippen LogP contribution < -0.4 is 15.4 Å². The fourth-order valence-corrected chi connectivity index (χ4v) is 3.55. The Hall–Kier alpha value is -2.08. The maximum Gasteiger partial charge on any atom is 0.238 e. The number of nitrogens with one attached hydrogen (secondary N) is 2. The van der Waals surface area contributed by atoms with Crippen molar-refractivity contribution in [1.82, 2.24) is 10.2 Å². The Morgan fingerprint density at radius 1 is 1.35 bits per heavy atom. The second kappa shape index (κ2) is 8.54. The number of carbonyl (C=O) groups excluding carboxylic acids is 1. The summed E-state index contributed by atoms with van der Waals surface area (Å²) in [4.78, 5) is 14.8. The van der Waals surface area contributed by atoms with Crippen LogP contribution in [0.15, 0.2) is 42.5 Å². The van der Waals surface area contributed by atoms with Crippen LogP contribution in [-0.4, -0.2) is 44.1 Å². The Morgan fingerprint density at radius 2 is 2.15 bits per heavy atom. The van der Waals surface area contributed by atoms with Crippen LogP contribution in [-0.2, 0) is 4.79 Å². The van der Waals surface area contributed by atoms with Gasteiger partial charge in [-0.3, -0.25) is 9.69 Å². The van der Waals surface area contributed by atoms with Gasteiger partial charge in [-0.2, -0.15) is 0 Å². The van der Waals surface area contributed by atoms with E-state index >= 15 is 0 Å². The third-order valence-electron chi connectivity index (χ3n) is 4.66. The minimum atomic E-state index is -0.0304. The van der Waals surface area contributed by atoms with Crippen LogP contribution in [0.5, 0.6) is 5.75 Å². The summed E-state index contributed by atoms with van der Waals surface area (Å²) in [5, 5.41) is 7.07. The number of hydrogen-bond acceptors (Lipinski definition) is 4. The predicted octanol–water partition coefficient (Wildman–Crippen LogP) is 3.24. The number of aryl methyl sites for hydroxylation is 1. The molecule has 1 saturated heterocycles. The monoisotopic (exact) mass is 373 g/mol. The molecule has 1 atom stereocenters. The quantitative estimate of drug-likeness (QED) is 0.844. The van der Waals surface area contributed by atoms with E-state index in [0.717, 1.165) is 42.2 Å². The van der Waals surface area contributed by atoms with Crippen LogP contribution in [0.3, 0.4) is 0 Å². The minimum Gasteiger partial charge on any atom is -0.496 e. The van der Waals surface area contributed by atoms with Crippen molar-refractivity contribution >= 4 is 23.2 Å². The van der Waals surface area contributed by atoms with Gasteiger partial charge in [-0.15, -0.1) is 0 Å². The Balaban J connectivity index is 1.73. The Bertz CT molecular complexity index is 781. The van der Waals surface area contributed by atoms with Gasteiger partial charge in [-0.05, 0) is 36.8 Å². The van der Waals surface area contributed by atoms with Crippen molar-refractivity contribution in [3.8, 4) is 5.75 Å². The molecule has 1 fully saturated rings. The van der Waals surface area contributed by atoms with E-state index < -0.39 is 0 Å². The maximum atomic E-state index is 12.6. The molecule has 0 aliphatic carbocycles. The largest absolute Gasteiger partial charge is 0.496 e. The highest BCUT2D eigenvalue weighted by molar-refractivity contribution is 6.30. The van der Waals surface area contributed by atoms with Crippen molar-refractivity contribution in [2.24, 2.45) is 0 Å². The van der Waals surface area contributed by atoms with E-state index in [1.165, 1.54) is 0 Å². The number of para-hydroxylation sites is 1. The van der Waals surface area contributed by atoms with E-state index in [9.17, 15) is 4.79 Å².